The summed E-state index contributed by atoms with van der Waals surface area (Å²) in [5.41, 5.74) is 2.11. The van der Waals surface area contributed by atoms with E-state index in [0.717, 1.165) is 29.6 Å². The number of amides is 3. The lowest BCUT2D eigenvalue weighted by Gasteiger charge is -2.24. The molecule has 9 nitrogen and oxygen atoms in total. The number of aromatic nitrogens is 2. The number of nitrogens with one attached hydrogen (secondary N) is 2. The second-order valence-electron chi connectivity index (χ2n) is 9.71. The molecular formula is C23H31N5O4. The van der Waals surface area contributed by atoms with E-state index in [-0.39, 0.29) is 17.9 Å². The van der Waals surface area contributed by atoms with Gasteiger partial charge in [0.15, 0.2) is 0 Å². The highest BCUT2D eigenvalue weighted by atomic mass is 16.6. The van der Waals surface area contributed by atoms with E-state index in [1.807, 2.05) is 46.0 Å². The van der Waals surface area contributed by atoms with Crippen molar-refractivity contribution < 1.29 is 19.1 Å². The largest absolute Gasteiger partial charge is 0.444 e. The van der Waals surface area contributed by atoms with Crippen LogP contribution >= 0.6 is 0 Å². The lowest BCUT2D eigenvalue weighted by atomic mass is 9.93. The monoisotopic (exact) mass is 441 g/mol. The van der Waals surface area contributed by atoms with Crippen molar-refractivity contribution in [3.8, 4) is 0 Å². The van der Waals surface area contributed by atoms with Crippen LogP contribution < -0.4 is 10.6 Å². The molecule has 1 aromatic heterocycles. The molecule has 2 N–H and O–H groups in total. The molecule has 9 heteroatoms. The molecule has 2 saturated heterocycles. The SMILES string of the molecule is Cn1nc(C2CCC(=O)NC2=O)c2ccc(NC[C@@H]3CCN(C(=O)OC(C)(C)C)C3)cc21. The third-order valence-electron chi connectivity index (χ3n) is 5.98. The van der Waals surface area contributed by atoms with Gasteiger partial charge in [-0.3, -0.25) is 19.6 Å². The highest BCUT2D eigenvalue weighted by Gasteiger charge is 2.32. The predicted octanol–water partition coefficient (Wildman–Crippen LogP) is 2.76. The van der Waals surface area contributed by atoms with E-state index < -0.39 is 11.5 Å². The first kappa shape index (κ1) is 22.1. The van der Waals surface area contributed by atoms with Crippen LogP contribution in [-0.2, 0) is 21.4 Å². The maximum atomic E-state index is 12.3. The first-order valence-electron chi connectivity index (χ1n) is 11.1. The molecule has 3 heterocycles. The van der Waals surface area contributed by atoms with Crippen LogP contribution in [0.1, 0.15) is 51.6 Å². The number of nitrogens with zero attached hydrogens (tertiary/aromatic N) is 3. The van der Waals surface area contributed by atoms with Crippen LogP contribution in [0.2, 0.25) is 0 Å². The number of aryl methyl sites for hydroxylation is 1. The minimum absolute atomic E-state index is 0.227. The average Bonchev–Trinajstić information content (AvgIpc) is 3.30. The van der Waals surface area contributed by atoms with Crippen LogP contribution in [0.15, 0.2) is 18.2 Å². The van der Waals surface area contributed by atoms with Crippen molar-refractivity contribution in [1.82, 2.24) is 20.0 Å². The molecule has 1 aromatic carbocycles. The van der Waals surface area contributed by atoms with Crippen molar-refractivity contribution in [2.45, 2.75) is 51.6 Å². The Kier molecular flexibility index (Phi) is 5.83. The van der Waals surface area contributed by atoms with Crippen molar-refractivity contribution in [3.05, 3.63) is 23.9 Å². The summed E-state index contributed by atoms with van der Waals surface area (Å²) in [4.78, 5) is 37.8. The third kappa shape index (κ3) is 4.71. The highest BCUT2D eigenvalue weighted by molar-refractivity contribution is 6.02. The molecule has 0 aliphatic carbocycles. The number of anilines is 1. The fourth-order valence-corrected chi connectivity index (χ4v) is 4.36. The minimum Gasteiger partial charge on any atom is -0.444 e. The zero-order chi connectivity index (χ0) is 23.0. The Morgan fingerprint density at radius 3 is 2.78 bits per heavy atom. The first-order chi connectivity index (χ1) is 15.1. The number of hydrogen-bond donors (Lipinski definition) is 2. The van der Waals surface area contributed by atoms with Gasteiger partial charge in [-0.1, -0.05) is 0 Å². The van der Waals surface area contributed by atoms with Gasteiger partial charge in [-0.2, -0.15) is 5.10 Å². The molecule has 3 amide bonds. The van der Waals surface area contributed by atoms with E-state index in [1.165, 1.54) is 0 Å². The van der Waals surface area contributed by atoms with Crippen molar-refractivity contribution in [2.24, 2.45) is 13.0 Å². The van der Waals surface area contributed by atoms with Crippen molar-refractivity contribution >= 4 is 34.5 Å². The lowest BCUT2D eigenvalue weighted by molar-refractivity contribution is -0.134. The number of imide groups is 1. The predicted molar refractivity (Wildman–Crippen MR) is 120 cm³/mol. The smallest absolute Gasteiger partial charge is 0.410 e. The maximum absolute atomic E-state index is 12.3. The lowest BCUT2D eigenvalue weighted by Crippen LogP contribution is -2.39. The topological polar surface area (TPSA) is 106 Å². The van der Waals surface area contributed by atoms with Gasteiger partial charge in [0.25, 0.3) is 0 Å². The number of carbonyl (C=O) groups excluding carboxylic acids is 3. The van der Waals surface area contributed by atoms with Gasteiger partial charge in [0.2, 0.25) is 11.8 Å². The molecule has 0 spiro atoms. The molecule has 0 bridgehead atoms. The van der Waals surface area contributed by atoms with Crippen molar-refractivity contribution in [2.75, 3.05) is 25.0 Å². The average molecular weight is 442 g/mol. The van der Waals surface area contributed by atoms with E-state index in [0.29, 0.717) is 37.5 Å². The number of likely N-dealkylation sites (tertiary alicyclic amines) is 1. The maximum Gasteiger partial charge on any atom is 0.410 e. The number of benzene rings is 1. The second-order valence-corrected chi connectivity index (χ2v) is 9.71. The fraction of sp³-hybridized carbons (Fsp3) is 0.565. The molecule has 172 valence electrons. The summed E-state index contributed by atoms with van der Waals surface area (Å²) in [6.45, 7) is 7.76. The number of carbonyl (C=O) groups is 3. The van der Waals surface area contributed by atoms with Crippen LogP contribution in [0.4, 0.5) is 10.5 Å². The molecule has 2 atom stereocenters. The van der Waals surface area contributed by atoms with Crippen LogP contribution in [0.3, 0.4) is 0 Å². The van der Waals surface area contributed by atoms with Gasteiger partial charge in [0.05, 0.1) is 17.1 Å². The van der Waals surface area contributed by atoms with Gasteiger partial charge < -0.3 is 15.0 Å². The van der Waals surface area contributed by atoms with Gasteiger partial charge in [-0.15, -0.1) is 0 Å². The summed E-state index contributed by atoms with van der Waals surface area (Å²) in [6, 6.07) is 5.99. The minimum atomic E-state index is -0.487. The molecule has 1 unspecified atom stereocenters. The third-order valence-corrected chi connectivity index (χ3v) is 5.98. The van der Waals surface area contributed by atoms with E-state index in [4.69, 9.17) is 4.74 Å². The van der Waals surface area contributed by atoms with Crippen LogP contribution in [0.25, 0.3) is 10.9 Å². The molecule has 2 fully saturated rings. The molecular weight excluding hydrogens is 410 g/mol. The van der Waals surface area contributed by atoms with Gasteiger partial charge in [0, 0.05) is 44.2 Å². The fourth-order valence-electron chi connectivity index (χ4n) is 4.36. The van der Waals surface area contributed by atoms with Gasteiger partial charge in [-0.05, 0) is 57.7 Å². The summed E-state index contributed by atoms with van der Waals surface area (Å²) in [5.74, 6) is -0.564. The summed E-state index contributed by atoms with van der Waals surface area (Å²) in [7, 11) is 1.86. The quantitative estimate of drug-likeness (QED) is 0.707. The summed E-state index contributed by atoms with van der Waals surface area (Å²) >= 11 is 0. The second kappa shape index (κ2) is 8.44. The first-order valence-corrected chi connectivity index (χ1v) is 11.1. The van der Waals surface area contributed by atoms with Gasteiger partial charge >= 0.3 is 6.09 Å². The standard InChI is InChI=1S/C23H31N5O4/c1-23(2,3)32-22(31)28-10-9-14(13-28)12-24-15-5-6-16-18(11-15)27(4)26-20(16)17-7-8-19(29)25-21(17)30/h5-6,11,14,17,24H,7-10,12-13H2,1-4H3,(H,25,29,30)/t14-,17?/m0/s1. The number of ether oxygens (including phenoxy) is 1. The van der Waals surface area contributed by atoms with E-state index in [2.05, 4.69) is 15.7 Å². The Labute approximate surface area is 187 Å². The Morgan fingerprint density at radius 1 is 1.28 bits per heavy atom. The van der Waals surface area contributed by atoms with E-state index >= 15 is 0 Å². The summed E-state index contributed by atoms with van der Waals surface area (Å²) in [6.07, 6.45) is 1.49. The molecule has 32 heavy (non-hydrogen) atoms. The Morgan fingerprint density at radius 2 is 2.06 bits per heavy atom. The summed E-state index contributed by atoms with van der Waals surface area (Å²) < 4.78 is 7.25. The number of fused-ring (bicyclic) bond motifs is 1. The normalized spacial score (nSPS) is 21.7. The van der Waals surface area contributed by atoms with Gasteiger partial charge in [-0.25, -0.2) is 4.79 Å². The molecule has 0 radical (unpaired) electrons. The summed E-state index contributed by atoms with van der Waals surface area (Å²) in [5, 5.41) is 11.4. The number of rotatable bonds is 4. The molecule has 2 aromatic rings. The Bertz CT molecular complexity index is 1050. The number of piperidine rings is 1. The van der Waals surface area contributed by atoms with E-state index in [1.54, 1.807) is 9.58 Å². The number of hydrogen-bond acceptors (Lipinski definition) is 6. The Hall–Kier alpha value is -3.10. The van der Waals surface area contributed by atoms with Crippen molar-refractivity contribution in [3.63, 3.8) is 0 Å². The Balaban J connectivity index is 1.40. The molecule has 2 aliphatic heterocycles. The highest BCUT2D eigenvalue weighted by Crippen LogP contribution is 2.31. The van der Waals surface area contributed by atoms with Crippen LogP contribution in [0, 0.1) is 5.92 Å². The van der Waals surface area contributed by atoms with Crippen LogP contribution in [-0.4, -0.2) is 57.8 Å². The molecule has 4 rings (SSSR count). The van der Waals surface area contributed by atoms with Crippen LogP contribution in [0.5, 0.6) is 0 Å². The van der Waals surface area contributed by atoms with Gasteiger partial charge in [0.1, 0.15) is 5.60 Å². The molecule has 0 saturated carbocycles. The zero-order valence-corrected chi connectivity index (χ0v) is 19.1. The zero-order valence-electron chi connectivity index (χ0n) is 19.1. The van der Waals surface area contributed by atoms with E-state index in [9.17, 15) is 14.4 Å². The van der Waals surface area contributed by atoms with Crippen molar-refractivity contribution in [1.29, 1.82) is 0 Å². The molecule has 2 aliphatic rings.